The Labute approximate surface area is 114 Å². The zero-order chi connectivity index (χ0) is 13.7. The van der Waals surface area contributed by atoms with Crippen molar-refractivity contribution in [2.45, 2.75) is 52.2 Å². The van der Waals surface area contributed by atoms with Gasteiger partial charge in [0.2, 0.25) is 0 Å². The fourth-order valence-corrected chi connectivity index (χ4v) is 2.45. The van der Waals surface area contributed by atoms with Crippen LogP contribution in [0, 0.1) is 10.7 Å². The fourth-order valence-electron chi connectivity index (χ4n) is 2.23. The summed E-state index contributed by atoms with van der Waals surface area (Å²) in [5.41, 5.74) is 0. The normalized spacial score (nSPS) is 14.7. The number of nitrogens with zero attached hydrogens (tertiary/aromatic N) is 2. The summed E-state index contributed by atoms with van der Waals surface area (Å²) in [6.07, 6.45) is 3.16. The Hall–Kier alpha value is -0.940. The highest BCUT2D eigenvalue weighted by Crippen LogP contribution is 2.27. The molecule has 18 heavy (non-hydrogen) atoms. The molecule has 1 rings (SSSR count). The first kappa shape index (κ1) is 15.1. The molecule has 1 aromatic heterocycles. The van der Waals surface area contributed by atoms with E-state index in [0.717, 1.165) is 12.2 Å². The predicted octanol–water partition coefficient (Wildman–Crippen LogP) is 3.03. The molecule has 0 spiro atoms. The van der Waals surface area contributed by atoms with Crippen LogP contribution in [-0.2, 0) is 6.54 Å². The van der Waals surface area contributed by atoms with Crippen LogP contribution in [-0.4, -0.2) is 26.0 Å². The molecule has 0 amide bonds. The highest BCUT2D eigenvalue weighted by molar-refractivity contribution is 7.71. The Bertz CT molecular complexity index is 424. The van der Waals surface area contributed by atoms with Crippen molar-refractivity contribution in [2.24, 2.45) is 5.92 Å². The van der Waals surface area contributed by atoms with Gasteiger partial charge in [0.05, 0.1) is 6.10 Å². The van der Waals surface area contributed by atoms with Gasteiger partial charge >= 0.3 is 0 Å². The zero-order valence-electron chi connectivity index (χ0n) is 11.4. The summed E-state index contributed by atoms with van der Waals surface area (Å²) >= 11 is 5.22. The van der Waals surface area contributed by atoms with Gasteiger partial charge in [-0.15, -0.1) is 6.58 Å². The van der Waals surface area contributed by atoms with Crippen molar-refractivity contribution in [3.63, 3.8) is 0 Å². The topological polar surface area (TPSA) is 53.8 Å². The molecule has 2 atom stereocenters. The molecule has 1 heterocycles. The molecular formula is C13H23N3OS. The molecule has 102 valence electrons. The molecule has 0 bridgehead atoms. The Morgan fingerprint density at radius 2 is 2.11 bits per heavy atom. The molecule has 0 fully saturated rings. The lowest BCUT2D eigenvalue weighted by Gasteiger charge is -2.20. The summed E-state index contributed by atoms with van der Waals surface area (Å²) < 4.78 is 2.57. The molecule has 0 aliphatic rings. The Morgan fingerprint density at radius 1 is 1.44 bits per heavy atom. The second-order valence-corrected chi connectivity index (χ2v) is 5.58. The van der Waals surface area contributed by atoms with Crippen LogP contribution in [0.2, 0.25) is 0 Å². The van der Waals surface area contributed by atoms with Crippen LogP contribution in [0.1, 0.15) is 45.4 Å². The van der Waals surface area contributed by atoms with Crippen LogP contribution in [0.5, 0.6) is 0 Å². The fraction of sp³-hybridized carbons (Fsp3) is 0.692. The van der Waals surface area contributed by atoms with E-state index in [1.807, 2.05) is 17.6 Å². The lowest BCUT2D eigenvalue weighted by atomic mass is 9.91. The molecule has 0 radical (unpaired) electrons. The number of rotatable bonds is 7. The highest BCUT2D eigenvalue weighted by atomic mass is 32.1. The first-order chi connectivity index (χ1) is 8.45. The van der Waals surface area contributed by atoms with Gasteiger partial charge in [-0.2, -0.15) is 5.10 Å². The SMILES string of the molecule is C=CCn1c([C@@H](CC(C)C)C[C@@H](C)O)n[nH]c1=S. The van der Waals surface area contributed by atoms with Gasteiger partial charge in [0.15, 0.2) is 4.77 Å². The maximum atomic E-state index is 9.63. The van der Waals surface area contributed by atoms with Gasteiger partial charge in [-0.25, -0.2) is 0 Å². The van der Waals surface area contributed by atoms with E-state index in [-0.39, 0.29) is 12.0 Å². The second-order valence-electron chi connectivity index (χ2n) is 5.20. The van der Waals surface area contributed by atoms with Crippen molar-refractivity contribution in [3.05, 3.63) is 23.3 Å². The third-order valence-corrected chi connectivity index (χ3v) is 3.16. The number of allylic oxidation sites excluding steroid dienone is 1. The molecule has 1 aromatic rings. The molecule has 0 saturated heterocycles. The van der Waals surface area contributed by atoms with Gasteiger partial charge in [-0.1, -0.05) is 19.9 Å². The van der Waals surface area contributed by atoms with Crippen molar-refractivity contribution in [1.29, 1.82) is 0 Å². The molecule has 0 saturated carbocycles. The number of nitrogens with one attached hydrogen (secondary N) is 1. The maximum absolute atomic E-state index is 9.63. The number of aromatic nitrogens is 3. The Balaban J connectivity index is 3.03. The number of aromatic amines is 1. The smallest absolute Gasteiger partial charge is 0.195 e. The minimum absolute atomic E-state index is 0.220. The molecule has 0 aromatic carbocycles. The van der Waals surface area contributed by atoms with Crippen molar-refractivity contribution in [1.82, 2.24) is 14.8 Å². The van der Waals surface area contributed by atoms with Crippen LogP contribution in [0.4, 0.5) is 0 Å². The van der Waals surface area contributed by atoms with Gasteiger partial charge < -0.3 is 9.67 Å². The minimum Gasteiger partial charge on any atom is -0.393 e. The standard InChI is InChI=1S/C13H23N3OS/c1-5-6-16-12(14-15-13(16)18)11(7-9(2)3)8-10(4)17/h5,9-11,17H,1,6-8H2,2-4H3,(H,15,18)/t10-,11+/m1/s1. The number of hydrogen-bond donors (Lipinski definition) is 2. The van der Waals surface area contributed by atoms with E-state index < -0.39 is 0 Å². The van der Waals surface area contributed by atoms with E-state index in [4.69, 9.17) is 12.2 Å². The number of hydrogen-bond acceptors (Lipinski definition) is 3. The average molecular weight is 269 g/mol. The second kappa shape index (κ2) is 6.85. The van der Waals surface area contributed by atoms with E-state index >= 15 is 0 Å². The lowest BCUT2D eigenvalue weighted by Crippen LogP contribution is -2.16. The summed E-state index contributed by atoms with van der Waals surface area (Å²) in [5.74, 6) is 1.70. The summed E-state index contributed by atoms with van der Waals surface area (Å²) in [4.78, 5) is 0. The lowest BCUT2D eigenvalue weighted by molar-refractivity contribution is 0.167. The first-order valence-corrected chi connectivity index (χ1v) is 6.80. The van der Waals surface area contributed by atoms with E-state index in [2.05, 4.69) is 30.6 Å². The zero-order valence-corrected chi connectivity index (χ0v) is 12.2. The van der Waals surface area contributed by atoms with Crippen molar-refractivity contribution < 1.29 is 5.11 Å². The third kappa shape index (κ3) is 4.07. The van der Waals surface area contributed by atoms with Crippen LogP contribution >= 0.6 is 12.2 Å². The monoisotopic (exact) mass is 269 g/mol. The van der Waals surface area contributed by atoms with Crippen LogP contribution in [0.25, 0.3) is 0 Å². The molecule has 0 aliphatic carbocycles. The van der Waals surface area contributed by atoms with E-state index in [1.54, 1.807) is 0 Å². The summed E-state index contributed by atoms with van der Waals surface area (Å²) in [5, 5.41) is 16.8. The van der Waals surface area contributed by atoms with Gasteiger partial charge in [-0.05, 0) is 37.9 Å². The van der Waals surface area contributed by atoms with Gasteiger partial charge in [-0.3, -0.25) is 5.10 Å². The molecule has 5 heteroatoms. The first-order valence-electron chi connectivity index (χ1n) is 6.39. The van der Waals surface area contributed by atoms with Crippen LogP contribution in [0.15, 0.2) is 12.7 Å². The molecule has 0 unspecified atom stereocenters. The largest absolute Gasteiger partial charge is 0.393 e. The van der Waals surface area contributed by atoms with Gasteiger partial charge in [0, 0.05) is 12.5 Å². The molecule has 2 N–H and O–H groups in total. The molecule has 4 nitrogen and oxygen atoms in total. The maximum Gasteiger partial charge on any atom is 0.195 e. The van der Waals surface area contributed by atoms with Crippen LogP contribution in [0.3, 0.4) is 0 Å². The predicted molar refractivity (Wildman–Crippen MR) is 76.1 cm³/mol. The Morgan fingerprint density at radius 3 is 2.61 bits per heavy atom. The number of H-pyrrole nitrogens is 1. The summed E-state index contributed by atoms with van der Waals surface area (Å²) in [6, 6.07) is 0. The molecular weight excluding hydrogens is 246 g/mol. The van der Waals surface area contributed by atoms with E-state index in [1.165, 1.54) is 0 Å². The Kier molecular flexibility index (Phi) is 5.75. The van der Waals surface area contributed by atoms with Crippen molar-refractivity contribution in [2.75, 3.05) is 0 Å². The van der Waals surface area contributed by atoms with E-state index in [9.17, 15) is 5.11 Å². The number of aliphatic hydroxyl groups excluding tert-OH is 1. The summed E-state index contributed by atoms with van der Waals surface area (Å²) in [6.45, 7) is 10.6. The third-order valence-electron chi connectivity index (χ3n) is 2.85. The summed E-state index contributed by atoms with van der Waals surface area (Å²) in [7, 11) is 0. The minimum atomic E-state index is -0.337. The quantitative estimate of drug-likeness (QED) is 0.591. The van der Waals surface area contributed by atoms with Gasteiger partial charge in [0.25, 0.3) is 0 Å². The van der Waals surface area contributed by atoms with Crippen molar-refractivity contribution >= 4 is 12.2 Å². The molecule has 0 aliphatic heterocycles. The van der Waals surface area contributed by atoms with Crippen LogP contribution < -0.4 is 0 Å². The highest BCUT2D eigenvalue weighted by Gasteiger charge is 2.21. The number of aliphatic hydroxyl groups is 1. The van der Waals surface area contributed by atoms with E-state index in [0.29, 0.717) is 23.7 Å². The average Bonchev–Trinajstić information content (AvgIpc) is 2.59. The van der Waals surface area contributed by atoms with Crippen molar-refractivity contribution in [3.8, 4) is 0 Å². The van der Waals surface area contributed by atoms with Gasteiger partial charge in [0.1, 0.15) is 5.82 Å².